The molecule has 1 amide bonds. The maximum absolute atomic E-state index is 13.7. The van der Waals surface area contributed by atoms with E-state index >= 15 is 0 Å². The molecule has 0 radical (unpaired) electrons. The van der Waals surface area contributed by atoms with E-state index in [-0.39, 0.29) is 24.8 Å². The summed E-state index contributed by atoms with van der Waals surface area (Å²) < 4.78 is 66.3. The molecule has 0 saturated carbocycles. The van der Waals surface area contributed by atoms with Gasteiger partial charge in [0.25, 0.3) is 0 Å². The zero-order chi connectivity index (χ0) is 26.3. The van der Waals surface area contributed by atoms with Crippen LogP contribution in [0.15, 0.2) is 42.6 Å². The van der Waals surface area contributed by atoms with Crippen molar-refractivity contribution in [2.24, 2.45) is 0 Å². The Kier molecular flexibility index (Phi) is 6.52. The number of alkyl halides is 3. The van der Waals surface area contributed by atoms with Gasteiger partial charge in [-0.2, -0.15) is 18.2 Å². The van der Waals surface area contributed by atoms with Crippen molar-refractivity contribution in [1.82, 2.24) is 9.97 Å². The molecule has 4 rings (SSSR count). The number of hydrogen-bond acceptors (Lipinski definition) is 7. The van der Waals surface area contributed by atoms with E-state index in [1.54, 1.807) is 43.3 Å². The van der Waals surface area contributed by atoms with Crippen LogP contribution >= 0.6 is 0 Å². The minimum Gasteiger partial charge on any atom is -0.365 e. The summed E-state index contributed by atoms with van der Waals surface area (Å²) in [7, 11) is -2.22. The molecule has 0 spiro atoms. The van der Waals surface area contributed by atoms with Crippen molar-refractivity contribution in [2.75, 3.05) is 33.6 Å². The van der Waals surface area contributed by atoms with Crippen LogP contribution in [0.1, 0.15) is 22.3 Å². The van der Waals surface area contributed by atoms with E-state index < -0.39 is 27.6 Å². The van der Waals surface area contributed by atoms with Crippen LogP contribution in [0, 0.1) is 6.92 Å². The fraction of sp³-hybridized carbons (Fsp3) is 0.261. The number of carbonyl (C=O) groups excluding carboxylic acids is 1. The van der Waals surface area contributed by atoms with Crippen LogP contribution in [0.2, 0.25) is 0 Å². The molecule has 0 aliphatic carbocycles. The first kappa shape index (κ1) is 25.2. The van der Waals surface area contributed by atoms with E-state index in [1.165, 1.54) is 7.05 Å². The average molecular weight is 521 g/mol. The van der Waals surface area contributed by atoms with Gasteiger partial charge in [0.2, 0.25) is 21.9 Å². The first-order valence-electron chi connectivity index (χ1n) is 10.7. The SMILES string of the molecule is Cc1ccc(CNc2nc(Nc3cccc4c3CC(=O)N4)ncc2C(F)(F)F)c(N(C)S(C)(=O)=O)c1. The van der Waals surface area contributed by atoms with E-state index in [0.717, 1.165) is 16.1 Å². The minimum atomic E-state index is -4.73. The number of anilines is 5. The predicted molar refractivity (Wildman–Crippen MR) is 131 cm³/mol. The topological polar surface area (TPSA) is 116 Å². The molecule has 0 unspecified atom stereocenters. The highest BCUT2D eigenvalue weighted by molar-refractivity contribution is 7.92. The van der Waals surface area contributed by atoms with Crippen LogP contribution in [0.3, 0.4) is 0 Å². The van der Waals surface area contributed by atoms with Gasteiger partial charge in [-0.1, -0.05) is 18.2 Å². The van der Waals surface area contributed by atoms with Gasteiger partial charge >= 0.3 is 6.18 Å². The van der Waals surface area contributed by atoms with Gasteiger partial charge < -0.3 is 16.0 Å². The number of carbonyl (C=O) groups is 1. The number of halogens is 3. The number of aromatic nitrogens is 2. The second-order valence-corrected chi connectivity index (χ2v) is 10.4. The molecule has 9 nitrogen and oxygen atoms in total. The lowest BCUT2D eigenvalue weighted by Crippen LogP contribution is -2.26. The third kappa shape index (κ3) is 5.35. The summed E-state index contributed by atoms with van der Waals surface area (Å²) in [5.74, 6) is -0.770. The van der Waals surface area contributed by atoms with Crippen molar-refractivity contribution in [2.45, 2.75) is 26.1 Å². The number of amides is 1. The maximum atomic E-state index is 13.7. The molecule has 13 heteroatoms. The first-order chi connectivity index (χ1) is 16.8. The number of nitrogens with zero attached hydrogens (tertiary/aromatic N) is 3. The number of nitrogens with one attached hydrogen (secondary N) is 3. The standard InChI is InChI=1S/C23H23F3N6O3S/c1-13-7-8-14(19(9-13)32(2)36(3,34)35)11-27-21-16(23(24,25)26)12-28-22(31-21)30-18-6-4-5-17-15(18)10-20(33)29-17/h4-9,12H,10-11H2,1-3H3,(H,29,33)(H2,27,28,30,31). The van der Waals surface area contributed by atoms with Gasteiger partial charge in [-0.15, -0.1) is 0 Å². The molecule has 1 aromatic heterocycles. The van der Waals surface area contributed by atoms with Crippen molar-refractivity contribution in [1.29, 1.82) is 0 Å². The summed E-state index contributed by atoms with van der Waals surface area (Å²) in [5.41, 5.74) is 2.27. The second-order valence-electron chi connectivity index (χ2n) is 8.35. The van der Waals surface area contributed by atoms with E-state index in [4.69, 9.17) is 0 Å². The summed E-state index contributed by atoms with van der Waals surface area (Å²) in [5, 5.41) is 8.28. The van der Waals surface area contributed by atoms with Gasteiger partial charge in [-0.05, 0) is 36.2 Å². The monoisotopic (exact) mass is 520 g/mol. The zero-order valence-electron chi connectivity index (χ0n) is 19.6. The Labute approximate surface area is 205 Å². The van der Waals surface area contributed by atoms with E-state index in [1.807, 2.05) is 0 Å². The molecule has 0 saturated heterocycles. The number of aryl methyl sites for hydroxylation is 1. The smallest absolute Gasteiger partial charge is 0.365 e. The molecule has 2 heterocycles. The van der Waals surface area contributed by atoms with Gasteiger partial charge in [0.1, 0.15) is 11.4 Å². The van der Waals surface area contributed by atoms with Gasteiger partial charge in [0.15, 0.2) is 0 Å². The zero-order valence-corrected chi connectivity index (χ0v) is 20.4. The van der Waals surface area contributed by atoms with Crippen LogP contribution in [0.25, 0.3) is 0 Å². The Hall–Kier alpha value is -3.87. The average Bonchev–Trinajstić information content (AvgIpc) is 3.17. The highest BCUT2D eigenvalue weighted by Gasteiger charge is 2.35. The van der Waals surface area contributed by atoms with Crippen LogP contribution in [-0.2, 0) is 34.0 Å². The highest BCUT2D eigenvalue weighted by Crippen LogP contribution is 2.36. The number of hydrogen-bond donors (Lipinski definition) is 3. The predicted octanol–water partition coefficient (Wildman–Crippen LogP) is 4.05. The summed E-state index contributed by atoms with van der Waals surface area (Å²) in [6.45, 7) is 1.65. The summed E-state index contributed by atoms with van der Waals surface area (Å²) in [4.78, 5) is 19.6. The lowest BCUT2D eigenvalue weighted by molar-refractivity contribution is -0.137. The molecular formula is C23H23F3N6O3S. The lowest BCUT2D eigenvalue weighted by atomic mass is 10.1. The maximum Gasteiger partial charge on any atom is 0.421 e. The van der Waals surface area contributed by atoms with E-state index in [2.05, 4.69) is 25.9 Å². The Bertz CT molecular complexity index is 1440. The van der Waals surface area contributed by atoms with Gasteiger partial charge in [0.05, 0.1) is 18.4 Å². The molecule has 36 heavy (non-hydrogen) atoms. The van der Waals surface area contributed by atoms with E-state index in [9.17, 15) is 26.4 Å². The van der Waals surface area contributed by atoms with Crippen LogP contribution in [0.4, 0.5) is 42.0 Å². The molecule has 0 fully saturated rings. The first-order valence-corrected chi connectivity index (χ1v) is 12.6. The minimum absolute atomic E-state index is 0.101. The molecule has 190 valence electrons. The van der Waals surface area contributed by atoms with Crippen molar-refractivity contribution in [3.8, 4) is 0 Å². The van der Waals surface area contributed by atoms with E-state index in [0.29, 0.717) is 34.4 Å². The number of sulfonamides is 1. The van der Waals surface area contributed by atoms with Crippen LogP contribution in [0.5, 0.6) is 0 Å². The molecule has 1 aliphatic rings. The molecule has 0 atom stereocenters. The normalized spacial score (nSPS) is 13.2. The summed E-state index contributed by atoms with van der Waals surface area (Å²) >= 11 is 0. The van der Waals surface area contributed by atoms with Gasteiger partial charge in [-0.3, -0.25) is 9.10 Å². The Balaban J connectivity index is 1.66. The van der Waals surface area contributed by atoms with Crippen LogP contribution in [-0.4, -0.2) is 37.6 Å². The molecule has 3 N–H and O–H groups in total. The van der Waals surface area contributed by atoms with Crippen LogP contribution < -0.4 is 20.3 Å². The van der Waals surface area contributed by atoms with Crippen molar-refractivity contribution in [3.63, 3.8) is 0 Å². The van der Waals surface area contributed by atoms with Crippen molar-refractivity contribution in [3.05, 3.63) is 64.8 Å². The summed E-state index contributed by atoms with van der Waals surface area (Å²) in [6.07, 6.45) is -2.90. The fourth-order valence-corrected chi connectivity index (χ4v) is 4.27. The van der Waals surface area contributed by atoms with Crippen molar-refractivity contribution < 1.29 is 26.4 Å². The molecule has 2 aromatic carbocycles. The number of fused-ring (bicyclic) bond motifs is 1. The quantitative estimate of drug-likeness (QED) is 0.430. The Morgan fingerprint density at radius 2 is 1.94 bits per heavy atom. The molecule has 0 bridgehead atoms. The lowest BCUT2D eigenvalue weighted by Gasteiger charge is -2.22. The Morgan fingerprint density at radius 3 is 2.64 bits per heavy atom. The van der Waals surface area contributed by atoms with Gasteiger partial charge in [-0.25, -0.2) is 13.4 Å². The third-order valence-electron chi connectivity index (χ3n) is 5.65. The largest absolute Gasteiger partial charge is 0.421 e. The molecule has 1 aliphatic heterocycles. The third-order valence-corrected chi connectivity index (χ3v) is 6.84. The highest BCUT2D eigenvalue weighted by atomic mass is 32.2. The number of benzene rings is 2. The number of rotatable bonds is 7. The Morgan fingerprint density at radius 1 is 1.19 bits per heavy atom. The summed E-state index contributed by atoms with van der Waals surface area (Å²) in [6, 6.07) is 10.1. The molecular weight excluding hydrogens is 497 g/mol. The van der Waals surface area contributed by atoms with Gasteiger partial charge in [0, 0.05) is 36.7 Å². The van der Waals surface area contributed by atoms with Crippen molar-refractivity contribution >= 4 is 44.8 Å². The fourth-order valence-electron chi connectivity index (χ4n) is 3.75. The molecule has 3 aromatic rings. The second kappa shape index (κ2) is 9.30.